The van der Waals surface area contributed by atoms with E-state index < -0.39 is 0 Å². The number of hydrogen-bond donors (Lipinski definition) is 2. The standard InChI is InChI=1S/C18H21N5O2S/c1-18(2,3)13-9-14(24)20-16-21-22-17(23(13)16)26-11-15(25)19-10-12-7-5-4-6-8-12/h4-9H,10-11H2,1-3H3,(H,19,25)(H,20,21,24). The van der Waals surface area contributed by atoms with E-state index in [1.54, 1.807) is 10.5 Å². The Morgan fingerprint density at radius 3 is 2.65 bits per heavy atom. The maximum Gasteiger partial charge on any atom is 0.252 e. The molecule has 0 saturated heterocycles. The van der Waals surface area contributed by atoms with Crippen molar-refractivity contribution in [2.75, 3.05) is 5.75 Å². The number of fused-ring (bicyclic) bond motifs is 1. The number of nitrogens with zero attached hydrogens (tertiary/aromatic N) is 3. The molecule has 0 atom stereocenters. The van der Waals surface area contributed by atoms with Gasteiger partial charge in [-0.15, -0.1) is 10.2 Å². The average Bonchev–Trinajstić information content (AvgIpc) is 3.00. The Hall–Kier alpha value is -2.61. The summed E-state index contributed by atoms with van der Waals surface area (Å²) in [4.78, 5) is 26.7. The molecule has 2 N–H and O–H groups in total. The van der Waals surface area contributed by atoms with Crippen LogP contribution in [0.1, 0.15) is 32.0 Å². The van der Waals surface area contributed by atoms with E-state index in [9.17, 15) is 9.59 Å². The third-order valence-electron chi connectivity index (χ3n) is 3.81. The fourth-order valence-electron chi connectivity index (χ4n) is 2.53. The lowest BCUT2D eigenvalue weighted by atomic mass is 9.92. The summed E-state index contributed by atoms with van der Waals surface area (Å²) in [6.07, 6.45) is 0. The molecular formula is C18H21N5O2S. The van der Waals surface area contributed by atoms with Gasteiger partial charge in [0.2, 0.25) is 11.7 Å². The van der Waals surface area contributed by atoms with Crippen LogP contribution in [0.4, 0.5) is 0 Å². The van der Waals surface area contributed by atoms with Gasteiger partial charge in [-0.25, -0.2) is 0 Å². The van der Waals surface area contributed by atoms with Crippen molar-refractivity contribution in [2.24, 2.45) is 0 Å². The van der Waals surface area contributed by atoms with Crippen LogP contribution in [0.3, 0.4) is 0 Å². The molecule has 2 heterocycles. The zero-order valence-corrected chi connectivity index (χ0v) is 15.8. The Bertz CT molecular complexity index is 973. The average molecular weight is 371 g/mol. The number of aromatic nitrogens is 4. The minimum absolute atomic E-state index is 0.0858. The van der Waals surface area contributed by atoms with E-state index in [0.29, 0.717) is 17.5 Å². The molecule has 1 amide bonds. The van der Waals surface area contributed by atoms with E-state index in [2.05, 4.69) is 20.5 Å². The van der Waals surface area contributed by atoms with Gasteiger partial charge in [0.25, 0.3) is 5.56 Å². The lowest BCUT2D eigenvalue weighted by molar-refractivity contribution is -0.118. The SMILES string of the molecule is CC(C)(C)c1cc(=O)[nH]c2nnc(SCC(=O)NCc3ccccc3)n12. The van der Waals surface area contributed by atoms with Gasteiger partial charge < -0.3 is 5.32 Å². The molecule has 0 unspecified atom stereocenters. The van der Waals surface area contributed by atoms with Gasteiger partial charge in [0.15, 0.2) is 5.16 Å². The van der Waals surface area contributed by atoms with Crippen LogP contribution in [0.25, 0.3) is 5.78 Å². The minimum atomic E-state index is -0.264. The number of benzene rings is 1. The first-order chi connectivity index (χ1) is 12.3. The van der Waals surface area contributed by atoms with Gasteiger partial charge in [0.05, 0.1) is 5.75 Å². The van der Waals surface area contributed by atoms with Crippen molar-refractivity contribution in [2.45, 2.75) is 37.9 Å². The summed E-state index contributed by atoms with van der Waals surface area (Å²) >= 11 is 1.29. The van der Waals surface area contributed by atoms with Gasteiger partial charge in [-0.2, -0.15) is 0 Å². The van der Waals surface area contributed by atoms with Crippen molar-refractivity contribution in [1.29, 1.82) is 0 Å². The van der Waals surface area contributed by atoms with Crippen molar-refractivity contribution in [3.05, 3.63) is 58.0 Å². The molecule has 0 radical (unpaired) electrons. The first-order valence-electron chi connectivity index (χ1n) is 8.27. The highest BCUT2D eigenvalue weighted by molar-refractivity contribution is 7.99. The monoisotopic (exact) mass is 371 g/mol. The number of amides is 1. The summed E-state index contributed by atoms with van der Waals surface area (Å²) in [6.45, 7) is 6.54. The molecule has 0 saturated carbocycles. The lowest BCUT2D eigenvalue weighted by Crippen LogP contribution is -2.25. The van der Waals surface area contributed by atoms with Gasteiger partial charge in [-0.1, -0.05) is 62.9 Å². The van der Waals surface area contributed by atoms with Gasteiger partial charge in [-0.05, 0) is 5.56 Å². The number of thioether (sulfide) groups is 1. The molecule has 3 rings (SSSR count). The van der Waals surface area contributed by atoms with Crippen LogP contribution >= 0.6 is 11.8 Å². The predicted octanol–water partition coefficient (Wildman–Crippen LogP) is 2.12. The Morgan fingerprint density at radius 1 is 1.23 bits per heavy atom. The molecule has 1 aromatic carbocycles. The number of H-pyrrole nitrogens is 1. The van der Waals surface area contributed by atoms with Crippen LogP contribution in [0.15, 0.2) is 46.3 Å². The van der Waals surface area contributed by atoms with Gasteiger partial charge >= 0.3 is 0 Å². The Kier molecular flexibility index (Phi) is 5.13. The van der Waals surface area contributed by atoms with Crippen molar-refractivity contribution in [3.63, 3.8) is 0 Å². The summed E-state index contributed by atoms with van der Waals surface area (Å²) in [5.41, 5.74) is 1.37. The topological polar surface area (TPSA) is 92.2 Å². The van der Waals surface area contributed by atoms with Crippen LogP contribution in [-0.2, 0) is 16.8 Å². The predicted molar refractivity (Wildman–Crippen MR) is 101 cm³/mol. The first kappa shape index (κ1) is 18.2. The highest BCUT2D eigenvalue weighted by atomic mass is 32.2. The zero-order chi connectivity index (χ0) is 18.7. The Morgan fingerprint density at radius 2 is 1.96 bits per heavy atom. The van der Waals surface area contributed by atoms with Gasteiger partial charge in [0, 0.05) is 23.7 Å². The molecule has 26 heavy (non-hydrogen) atoms. The van der Waals surface area contributed by atoms with Gasteiger partial charge in [-0.3, -0.25) is 19.0 Å². The third kappa shape index (κ3) is 4.13. The van der Waals surface area contributed by atoms with E-state index >= 15 is 0 Å². The molecule has 0 bridgehead atoms. The lowest BCUT2D eigenvalue weighted by Gasteiger charge is -2.20. The maximum atomic E-state index is 12.1. The molecule has 0 aliphatic carbocycles. The van der Waals surface area contributed by atoms with Crippen molar-refractivity contribution < 1.29 is 4.79 Å². The van der Waals surface area contributed by atoms with Crippen LogP contribution in [0.2, 0.25) is 0 Å². The summed E-state index contributed by atoms with van der Waals surface area (Å²) in [7, 11) is 0. The maximum absolute atomic E-state index is 12.1. The Labute approximate surface area is 155 Å². The first-order valence-corrected chi connectivity index (χ1v) is 9.25. The second-order valence-electron chi connectivity index (χ2n) is 6.96. The van der Waals surface area contributed by atoms with E-state index in [1.165, 1.54) is 11.8 Å². The van der Waals surface area contributed by atoms with Crippen LogP contribution in [-0.4, -0.2) is 31.2 Å². The second-order valence-corrected chi connectivity index (χ2v) is 7.90. The summed E-state index contributed by atoms with van der Waals surface area (Å²) < 4.78 is 1.80. The van der Waals surface area contributed by atoms with Crippen LogP contribution in [0.5, 0.6) is 0 Å². The number of carbonyl (C=O) groups excluding carboxylic acids is 1. The van der Waals surface area contributed by atoms with E-state index in [0.717, 1.165) is 11.3 Å². The molecule has 8 heteroatoms. The van der Waals surface area contributed by atoms with Crippen molar-refractivity contribution >= 4 is 23.4 Å². The smallest absolute Gasteiger partial charge is 0.252 e. The van der Waals surface area contributed by atoms with E-state index in [-0.39, 0.29) is 22.6 Å². The molecule has 136 valence electrons. The summed E-state index contributed by atoms with van der Waals surface area (Å²) in [5.74, 6) is 0.517. The molecule has 7 nitrogen and oxygen atoms in total. The molecule has 2 aromatic heterocycles. The molecule has 0 fully saturated rings. The molecule has 0 spiro atoms. The number of hydrogen-bond acceptors (Lipinski definition) is 5. The quantitative estimate of drug-likeness (QED) is 0.670. The number of nitrogens with one attached hydrogen (secondary N) is 2. The second kappa shape index (κ2) is 7.33. The fraction of sp³-hybridized carbons (Fsp3) is 0.333. The van der Waals surface area contributed by atoms with Crippen molar-refractivity contribution in [3.8, 4) is 0 Å². The third-order valence-corrected chi connectivity index (χ3v) is 4.74. The van der Waals surface area contributed by atoms with E-state index in [4.69, 9.17) is 0 Å². The highest BCUT2D eigenvalue weighted by Gasteiger charge is 2.22. The zero-order valence-electron chi connectivity index (χ0n) is 14.9. The van der Waals surface area contributed by atoms with Crippen LogP contribution in [0, 0.1) is 0 Å². The number of aromatic amines is 1. The largest absolute Gasteiger partial charge is 0.351 e. The molecular weight excluding hydrogens is 350 g/mol. The molecule has 3 aromatic rings. The fourth-order valence-corrected chi connectivity index (χ4v) is 3.30. The van der Waals surface area contributed by atoms with Crippen molar-refractivity contribution in [1.82, 2.24) is 24.9 Å². The highest BCUT2D eigenvalue weighted by Crippen LogP contribution is 2.25. The van der Waals surface area contributed by atoms with Crippen LogP contribution < -0.4 is 10.9 Å². The number of carbonyl (C=O) groups is 1. The van der Waals surface area contributed by atoms with Gasteiger partial charge in [0.1, 0.15) is 0 Å². The Balaban J connectivity index is 1.73. The normalized spacial score (nSPS) is 11.7. The summed E-state index contributed by atoms with van der Waals surface area (Å²) in [5, 5.41) is 11.6. The molecule has 0 aliphatic rings. The molecule has 0 aliphatic heterocycles. The van der Waals surface area contributed by atoms with E-state index in [1.807, 2.05) is 51.1 Å². The summed E-state index contributed by atoms with van der Waals surface area (Å²) in [6, 6.07) is 11.3. The minimum Gasteiger partial charge on any atom is -0.351 e. The number of rotatable bonds is 5.